The third-order valence-electron chi connectivity index (χ3n) is 6.54. The highest BCUT2D eigenvalue weighted by atomic mass is 32.2. The Bertz CT molecular complexity index is 1550. The van der Waals surface area contributed by atoms with E-state index in [9.17, 15) is 4.79 Å². The van der Waals surface area contributed by atoms with Crippen LogP contribution in [0.25, 0.3) is 16.6 Å². The zero-order valence-corrected chi connectivity index (χ0v) is 20.4. The molecule has 5 aromatic rings. The molecule has 0 spiro atoms. The number of fused-ring (bicyclic) bond motifs is 5. The highest BCUT2D eigenvalue weighted by molar-refractivity contribution is 7.99. The van der Waals surface area contributed by atoms with Gasteiger partial charge in [-0.2, -0.15) is 0 Å². The third-order valence-corrected chi connectivity index (χ3v) is 7.45. The molecule has 1 amide bonds. The van der Waals surface area contributed by atoms with Gasteiger partial charge in [-0.05, 0) is 72.2 Å². The first kappa shape index (κ1) is 21.7. The van der Waals surface area contributed by atoms with E-state index in [2.05, 4.69) is 28.4 Å². The van der Waals surface area contributed by atoms with Crippen LogP contribution < -0.4 is 9.64 Å². The minimum Gasteiger partial charge on any atom is -0.497 e. The molecule has 2 aromatic heterocycles. The summed E-state index contributed by atoms with van der Waals surface area (Å²) in [5.41, 5.74) is 7.05. The van der Waals surface area contributed by atoms with Gasteiger partial charge in [-0.1, -0.05) is 48.2 Å². The molecule has 35 heavy (non-hydrogen) atoms. The Hall–Kier alpha value is -3.84. The number of amides is 1. The van der Waals surface area contributed by atoms with Gasteiger partial charge in [0.05, 0.1) is 29.8 Å². The summed E-state index contributed by atoms with van der Waals surface area (Å²) in [7, 11) is 1.66. The molecule has 0 saturated carbocycles. The molecule has 0 saturated heterocycles. The van der Waals surface area contributed by atoms with Crippen molar-refractivity contribution >= 4 is 45.6 Å². The van der Waals surface area contributed by atoms with E-state index in [-0.39, 0.29) is 11.7 Å². The van der Waals surface area contributed by atoms with E-state index in [0.717, 1.165) is 52.1 Å². The van der Waals surface area contributed by atoms with Crippen LogP contribution >= 0.6 is 11.8 Å². The number of benzene rings is 3. The van der Waals surface area contributed by atoms with Gasteiger partial charge in [0.25, 0.3) is 0 Å². The molecule has 0 aliphatic carbocycles. The Morgan fingerprint density at radius 2 is 1.63 bits per heavy atom. The molecule has 0 unspecified atom stereocenters. The molecule has 0 atom stereocenters. The van der Waals surface area contributed by atoms with Crippen molar-refractivity contribution in [3.05, 3.63) is 89.5 Å². The van der Waals surface area contributed by atoms with Crippen LogP contribution in [0.2, 0.25) is 0 Å². The lowest BCUT2D eigenvalue weighted by Crippen LogP contribution is -2.28. The number of hydrogen-bond acceptors (Lipinski definition) is 5. The van der Waals surface area contributed by atoms with Crippen LogP contribution in [0.15, 0.2) is 78.0 Å². The molecule has 0 fully saturated rings. The van der Waals surface area contributed by atoms with Crippen molar-refractivity contribution in [2.75, 3.05) is 17.8 Å². The second kappa shape index (κ2) is 8.74. The molecule has 0 N–H and O–H groups in total. The molecule has 6 nitrogen and oxygen atoms in total. The number of anilines is 2. The average Bonchev–Trinajstić information content (AvgIpc) is 3.25. The number of hydrogen-bond donors (Lipinski definition) is 0. The molecule has 6 rings (SSSR count). The standard InChI is InChI=1S/C28H24N4O2S/c1-18-15-21-13-14-22(34-2)16-25(21)32-27(18)29-30-28(32)35-17-26(33)31-23-9-5-3-7-19(23)11-12-20-8-4-6-10-24(20)31/h3-10,13-16H,11-12,17H2,1-2H3. The molecule has 1 aliphatic heterocycles. The number of thioether (sulfide) groups is 1. The van der Waals surface area contributed by atoms with Crippen LogP contribution in [0.3, 0.4) is 0 Å². The highest BCUT2D eigenvalue weighted by Crippen LogP contribution is 2.37. The van der Waals surface area contributed by atoms with Crippen LogP contribution in [-0.4, -0.2) is 33.4 Å². The lowest BCUT2D eigenvalue weighted by atomic mass is 10.0. The molecule has 0 radical (unpaired) electrons. The van der Waals surface area contributed by atoms with Crippen LogP contribution in [-0.2, 0) is 17.6 Å². The maximum Gasteiger partial charge on any atom is 0.242 e. The van der Waals surface area contributed by atoms with Crippen molar-refractivity contribution in [3.8, 4) is 5.75 Å². The summed E-state index contributed by atoms with van der Waals surface area (Å²) in [5, 5.41) is 10.6. The van der Waals surface area contributed by atoms with Crippen molar-refractivity contribution in [1.82, 2.24) is 14.6 Å². The molecule has 1 aliphatic rings. The van der Waals surface area contributed by atoms with Gasteiger partial charge in [-0.25, -0.2) is 0 Å². The fourth-order valence-electron chi connectivity index (χ4n) is 4.84. The van der Waals surface area contributed by atoms with Gasteiger partial charge in [0.15, 0.2) is 10.8 Å². The number of carbonyl (C=O) groups excluding carboxylic acids is 1. The number of ether oxygens (including phenoxy) is 1. The van der Waals surface area contributed by atoms with Gasteiger partial charge < -0.3 is 4.74 Å². The number of carbonyl (C=O) groups is 1. The molecule has 0 bridgehead atoms. The Labute approximate surface area is 207 Å². The van der Waals surface area contributed by atoms with E-state index in [1.54, 1.807) is 7.11 Å². The minimum atomic E-state index is 0.0167. The molecular formula is C28H24N4O2S. The van der Waals surface area contributed by atoms with Gasteiger partial charge in [-0.3, -0.25) is 14.1 Å². The number of aromatic nitrogens is 3. The fourth-order valence-corrected chi connectivity index (χ4v) is 5.63. The predicted molar refractivity (Wildman–Crippen MR) is 140 cm³/mol. The van der Waals surface area contributed by atoms with E-state index >= 15 is 0 Å². The van der Waals surface area contributed by atoms with Crippen molar-refractivity contribution in [2.45, 2.75) is 24.9 Å². The maximum absolute atomic E-state index is 13.8. The SMILES string of the molecule is COc1ccc2cc(C)c3nnc(SCC(=O)N4c5ccccc5CCc5ccccc54)n3c2c1. The van der Waals surface area contributed by atoms with Crippen LogP contribution in [0.1, 0.15) is 16.7 Å². The van der Waals surface area contributed by atoms with Crippen LogP contribution in [0.4, 0.5) is 11.4 Å². The molecule has 3 aromatic carbocycles. The monoisotopic (exact) mass is 480 g/mol. The summed E-state index contributed by atoms with van der Waals surface area (Å²) in [5.74, 6) is 1.02. The zero-order valence-electron chi connectivity index (χ0n) is 19.6. The average molecular weight is 481 g/mol. The fraction of sp³-hybridized carbons (Fsp3) is 0.179. The highest BCUT2D eigenvalue weighted by Gasteiger charge is 2.26. The maximum atomic E-state index is 13.8. The first-order chi connectivity index (χ1) is 17.1. The van der Waals surface area contributed by atoms with Crippen molar-refractivity contribution in [1.29, 1.82) is 0 Å². The number of para-hydroxylation sites is 2. The predicted octanol–water partition coefficient (Wildman–Crippen LogP) is 5.76. The molecule has 174 valence electrons. The lowest BCUT2D eigenvalue weighted by molar-refractivity contribution is -0.115. The Morgan fingerprint density at radius 1 is 0.943 bits per heavy atom. The van der Waals surface area contributed by atoms with Crippen molar-refractivity contribution in [3.63, 3.8) is 0 Å². The van der Waals surface area contributed by atoms with E-state index < -0.39 is 0 Å². The quantitative estimate of drug-likeness (QED) is 0.306. The second-order valence-electron chi connectivity index (χ2n) is 8.67. The topological polar surface area (TPSA) is 59.7 Å². The summed E-state index contributed by atoms with van der Waals surface area (Å²) in [4.78, 5) is 15.6. The van der Waals surface area contributed by atoms with Crippen LogP contribution in [0, 0.1) is 6.92 Å². The van der Waals surface area contributed by atoms with Gasteiger partial charge in [0, 0.05) is 6.07 Å². The Balaban J connectivity index is 1.39. The Morgan fingerprint density at radius 3 is 2.31 bits per heavy atom. The molecule has 7 heteroatoms. The second-order valence-corrected chi connectivity index (χ2v) is 9.61. The minimum absolute atomic E-state index is 0.0167. The lowest BCUT2D eigenvalue weighted by Gasteiger charge is -2.24. The summed E-state index contributed by atoms with van der Waals surface area (Å²) in [6, 6.07) is 24.4. The van der Waals surface area contributed by atoms with Crippen molar-refractivity contribution < 1.29 is 9.53 Å². The normalized spacial score (nSPS) is 12.9. The van der Waals surface area contributed by atoms with Gasteiger partial charge in [0.1, 0.15) is 5.75 Å². The Kier molecular flexibility index (Phi) is 5.41. The third kappa shape index (κ3) is 3.72. The van der Waals surface area contributed by atoms with E-state index in [4.69, 9.17) is 4.74 Å². The smallest absolute Gasteiger partial charge is 0.242 e. The van der Waals surface area contributed by atoms with E-state index in [1.807, 2.05) is 70.8 Å². The number of methoxy groups -OCH3 is 1. The van der Waals surface area contributed by atoms with Gasteiger partial charge >= 0.3 is 0 Å². The first-order valence-corrected chi connectivity index (χ1v) is 12.6. The van der Waals surface area contributed by atoms with Crippen molar-refractivity contribution in [2.24, 2.45) is 0 Å². The van der Waals surface area contributed by atoms with Gasteiger partial charge in [-0.15, -0.1) is 10.2 Å². The molecule has 3 heterocycles. The summed E-state index contributed by atoms with van der Waals surface area (Å²) >= 11 is 1.41. The van der Waals surface area contributed by atoms with Gasteiger partial charge in [0.2, 0.25) is 5.91 Å². The number of aryl methyl sites for hydroxylation is 3. The zero-order chi connectivity index (χ0) is 23.9. The van der Waals surface area contributed by atoms with E-state index in [0.29, 0.717) is 5.16 Å². The first-order valence-electron chi connectivity index (χ1n) is 11.6. The number of rotatable bonds is 4. The summed E-state index contributed by atoms with van der Waals surface area (Å²) in [6.45, 7) is 2.03. The van der Waals surface area contributed by atoms with Crippen LogP contribution in [0.5, 0.6) is 5.75 Å². The number of nitrogens with zero attached hydrogens (tertiary/aromatic N) is 4. The summed E-state index contributed by atoms with van der Waals surface area (Å²) in [6.07, 6.45) is 1.82. The number of pyridine rings is 1. The largest absolute Gasteiger partial charge is 0.497 e. The van der Waals surface area contributed by atoms with E-state index in [1.165, 1.54) is 22.9 Å². The molecular weight excluding hydrogens is 456 g/mol. The summed E-state index contributed by atoms with van der Waals surface area (Å²) < 4.78 is 7.48.